The SMILES string of the molecule is CCOC(=O)CCC(=O)c1ccc2c(c1)N(Cc1ccccc1F)C(=O)CO2. The molecular formula is C21H20FNO5. The number of esters is 1. The molecule has 7 heteroatoms. The van der Waals surface area contributed by atoms with E-state index in [2.05, 4.69) is 0 Å². The van der Waals surface area contributed by atoms with Gasteiger partial charge >= 0.3 is 5.97 Å². The van der Waals surface area contributed by atoms with Gasteiger partial charge in [0.1, 0.15) is 11.6 Å². The summed E-state index contributed by atoms with van der Waals surface area (Å²) in [5.74, 6) is -0.983. The van der Waals surface area contributed by atoms with E-state index in [-0.39, 0.29) is 44.3 Å². The van der Waals surface area contributed by atoms with E-state index in [9.17, 15) is 18.8 Å². The summed E-state index contributed by atoms with van der Waals surface area (Å²) in [5.41, 5.74) is 1.11. The fraction of sp³-hybridized carbons (Fsp3) is 0.286. The van der Waals surface area contributed by atoms with Crippen LogP contribution < -0.4 is 9.64 Å². The molecule has 0 spiro atoms. The van der Waals surface area contributed by atoms with Crippen molar-refractivity contribution in [1.82, 2.24) is 0 Å². The van der Waals surface area contributed by atoms with E-state index < -0.39 is 11.8 Å². The van der Waals surface area contributed by atoms with Crippen molar-refractivity contribution in [3.63, 3.8) is 0 Å². The molecule has 1 aliphatic rings. The average Bonchev–Trinajstić information content (AvgIpc) is 2.69. The number of hydrogen-bond donors (Lipinski definition) is 0. The number of Topliss-reactive ketones (excluding diaryl/α,β-unsaturated/α-hetero) is 1. The lowest BCUT2D eigenvalue weighted by atomic mass is 10.0. The molecule has 0 N–H and O–H groups in total. The molecule has 0 fully saturated rings. The number of rotatable bonds is 7. The predicted molar refractivity (Wildman–Crippen MR) is 99.7 cm³/mol. The minimum absolute atomic E-state index is 0.000261. The van der Waals surface area contributed by atoms with Gasteiger partial charge in [0.25, 0.3) is 5.91 Å². The van der Waals surface area contributed by atoms with Gasteiger partial charge in [0.15, 0.2) is 12.4 Å². The second-order valence-electron chi connectivity index (χ2n) is 6.27. The van der Waals surface area contributed by atoms with Crippen LogP contribution >= 0.6 is 0 Å². The lowest BCUT2D eigenvalue weighted by Gasteiger charge is -2.30. The summed E-state index contributed by atoms with van der Waals surface area (Å²) in [6, 6.07) is 10.9. The Morgan fingerprint density at radius 1 is 1.18 bits per heavy atom. The van der Waals surface area contributed by atoms with Gasteiger partial charge in [0.05, 0.1) is 25.3 Å². The fourth-order valence-electron chi connectivity index (χ4n) is 2.94. The molecule has 0 atom stereocenters. The Morgan fingerprint density at radius 3 is 2.71 bits per heavy atom. The van der Waals surface area contributed by atoms with Gasteiger partial charge in [-0.1, -0.05) is 18.2 Å². The second-order valence-corrected chi connectivity index (χ2v) is 6.27. The summed E-state index contributed by atoms with van der Waals surface area (Å²) >= 11 is 0. The lowest BCUT2D eigenvalue weighted by Crippen LogP contribution is -2.38. The largest absolute Gasteiger partial charge is 0.482 e. The van der Waals surface area contributed by atoms with Gasteiger partial charge in [-0.2, -0.15) is 0 Å². The van der Waals surface area contributed by atoms with E-state index in [0.717, 1.165) is 0 Å². The fourth-order valence-corrected chi connectivity index (χ4v) is 2.94. The molecule has 2 aromatic rings. The number of amides is 1. The lowest BCUT2D eigenvalue weighted by molar-refractivity contribution is -0.143. The molecule has 1 amide bonds. The number of fused-ring (bicyclic) bond motifs is 1. The number of hydrogen-bond acceptors (Lipinski definition) is 5. The van der Waals surface area contributed by atoms with Crippen molar-refractivity contribution in [2.75, 3.05) is 18.1 Å². The molecule has 1 aliphatic heterocycles. The van der Waals surface area contributed by atoms with E-state index in [1.807, 2.05) is 0 Å². The normalized spacial score (nSPS) is 12.9. The number of carbonyl (C=O) groups is 3. The third-order valence-electron chi connectivity index (χ3n) is 4.37. The van der Waals surface area contributed by atoms with Crippen LogP contribution in [0.15, 0.2) is 42.5 Å². The highest BCUT2D eigenvalue weighted by Gasteiger charge is 2.27. The topological polar surface area (TPSA) is 72.9 Å². The van der Waals surface area contributed by atoms with E-state index in [1.165, 1.54) is 11.0 Å². The number of nitrogens with zero attached hydrogens (tertiary/aromatic N) is 1. The zero-order chi connectivity index (χ0) is 20.1. The molecule has 0 aromatic heterocycles. The van der Waals surface area contributed by atoms with Crippen LogP contribution in [0.3, 0.4) is 0 Å². The van der Waals surface area contributed by atoms with Crippen molar-refractivity contribution < 1.29 is 28.2 Å². The Hall–Kier alpha value is -3.22. The summed E-state index contributed by atoms with van der Waals surface area (Å²) < 4.78 is 24.3. The van der Waals surface area contributed by atoms with Crippen LogP contribution in [0.4, 0.5) is 10.1 Å². The predicted octanol–water partition coefficient (Wildman–Crippen LogP) is 3.28. The van der Waals surface area contributed by atoms with E-state index in [0.29, 0.717) is 22.6 Å². The standard InChI is InChI=1S/C21H20FNO5/c1-2-27-21(26)10-8-18(24)14-7-9-19-17(11-14)23(20(25)13-28-19)12-15-5-3-4-6-16(15)22/h3-7,9,11H,2,8,10,12-13H2,1H3. The van der Waals surface area contributed by atoms with Gasteiger partial charge in [-0.05, 0) is 31.2 Å². The monoisotopic (exact) mass is 385 g/mol. The quantitative estimate of drug-likeness (QED) is 0.540. The van der Waals surface area contributed by atoms with Crippen LogP contribution in [0.2, 0.25) is 0 Å². The molecule has 2 aromatic carbocycles. The van der Waals surface area contributed by atoms with Gasteiger partial charge < -0.3 is 14.4 Å². The molecule has 3 rings (SSSR count). The van der Waals surface area contributed by atoms with Crippen LogP contribution in [0, 0.1) is 5.82 Å². The number of benzene rings is 2. The van der Waals surface area contributed by atoms with Crippen molar-refractivity contribution >= 4 is 23.3 Å². The summed E-state index contributed by atoms with van der Waals surface area (Å²) in [6.07, 6.45) is -0.0160. The Labute approximate surface area is 161 Å². The molecule has 0 bridgehead atoms. The first-order chi connectivity index (χ1) is 13.5. The van der Waals surface area contributed by atoms with Crippen molar-refractivity contribution in [1.29, 1.82) is 0 Å². The second kappa shape index (κ2) is 8.65. The van der Waals surface area contributed by atoms with Gasteiger partial charge in [-0.25, -0.2) is 4.39 Å². The third-order valence-corrected chi connectivity index (χ3v) is 4.37. The minimum atomic E-state index is -0.437. The van der Waals surface area contributed by atoms with Crippen LogP contribution in [0.1, 0.15) is 35.7 Å². The molecule has 28 heavy (non-hydrogen) atoms. The maximum atomic E-state index is 14.0. The summed E-state index contributed by atoms with van der Waals surface area (Å²) in [4.78, 5) is 37.7. The summed E-state index contributed by atoms with van der Waals surface area (Å²) in [6.45, 7) is 1.83. The van der Waals surface area contributed by atoms with Gasteiger partial charge in [0.2, 0.25) is 0 Å². The molecule has 0 radical (unpaired) electrons. The molecule has 1 heterocycles. The van der Waals surface area contributed by atoms with Crippen LogP contribution in [0.25, 0.3) is 0 Å². The van der Waals surface area contributed by atoms with E-state index in [4.69, 9.17) is 9.47 Å². The Morgan fingerprint density at radius 2 is 1.96 bits per heavy atom. The van der Waals surface area contributed by atoms with Crippen molar-refractivity contribution in [3.8, 4) is 5.75 Å². The molecule has 0 saturated heterocycles. The van der Waals surface area contributed by atoms with E-state index >= 15 is 0 Å². The maximum absolute atomic E-state index is 14.0. The van der Waals surface area contributed by atoms with Crippen molar-refractivity contribution in [3.05, 3.63) is 59.4 Å². The third kappa shape index (κ3) is 4.36. The minimum Gasteiger partial charge on any atom is -0.482 e. The highest BCUT2D eigenvalue weighted by atomic mass is 19.1. The highest BCUT2D eigenvalue weighted by Crippen LogP contribution is 2.34. The molecule has 0 aliphatic carbocycles. The Kier molecular flexibility index (Phi) is 6.03. The Balaban J connectivity index is 1.82. The van der Waals surface area contributed by atoms with Gasteiger partial charge in [-0.3, -0.25) is 14.4 Å². The first-order valence-corrected chi connectivity index (χ1v) is 8.99. The van der Waals surface area contributed by atoms with Crippen LogP contribution in [-0.2, 0) is 20.9 Å². The van der Waals surface area contributed by atoms with Gasteiger partial charge in [0, 0.05) is 17.5 Å². The Bertz CT molecular complexity index is 911. The zero-order valence-corrected chi connectivity index (χ0v) is 15.4. The van der Waals surface area contributed by atoms with Crippen LogP contribution in [0.5, 0.6) is 5.75 Å². The first-order valence-electron chi connectivity index (χ1n) is 8.99. The summed E-state index contributed by atoms with van der Waals surface area (Å²) in [5, 5.41) is 0. The van der Waals surface area contributed by atoms with Gasteiger partial charge in [-0.15, -0.1) is 0 Å². The molecule has 0 saturated carbocycles. The molecule has 146 valence electrons. The number of ketones is 1. The number of ether oxygens (including phenoxy) is 2. The highest BCUT2D eigenvalue weighted by molar-refractivity contribution is 6.02. The number of anilines is 1. The zero-order valence-electron chi connectivity index (χ0n) is 15.4. The molecular weight excluding hydrogens is 365 g/mol. The average molecular weight is 385 g/mol. The van der Waals surface area contributed by atoms with Crippen molar-refractivity contribution in [2.24, 2.45) is 0 Å². The molecule has 6 nitrogen and oxygen atoms in total. The molecule has 0 unspecified atom stereocenters. The number of halogens is 1. The number of carbonyl (C=O) groups excluding carboxylic acids is 3. The first kappa shape index (κ1) is 19.5. The maximum Gasteiger partial charge on any atom is 0.306 e. The van der Waals surface area contributed by atoms with Crippen molar-refractivity contribution in [2.45, 2.75) is 26.3 Å². The van der Waals surface area contributed by atoms with E-state index in [1.54, 1.807) is 43.3 Å². The smallest absolute Gasteiger partial charge is 0.306 e. The van der Waals surface area contributed by atoms with Crippen LogP contribution in [-0.4, -0.2) is 30.9 Å². The summed E-state index contributed by atoms with van der Waals surface area (Å²) in [7, 11) is 0.